The van der Waals surface area contributed by atoms with Crippen molar-refractivity contribution in [1.29, 1.82) is 0 Å². The SMILES string of the molecule is FC(F)(F)c1cccc([Si]CC=CCCCCCCl)c1. The molecule has 1 aromatic carbocycles. The van der Waals surface area contributed by atoms with E-state index in [-0.39, 0.29) is 0 Å². The average molecular weight is 319 g/mol. The number of unbranched alkanes of at least 4 members (excludes halogenated alkanes) is 3. The summed E-state index contributed by atoms with van der Waals surface area (Å²) in [4.78, 5) is 0. The molecule has 0 saturated carbocycles. The Morgan fingerprint density at radius 2 is 1.90 bits per heavy atom. The fourth-order valence-corrected chi connectivity index (χ4v) is 2.90. The molecule has 20 heavy (non-hydrogen) atoms. The Labute approximate surface area is 125 Å². The van der Waals surface area contributed by atoms with Gasteiger partial charge in [0.1, 0.15) is 0 Å². The standard InChI is InChI=1S/C15H18ClF3Si/c16-10-5-3-1-2-4-6-11-20-14-9-7-8-13(12-14)15(17,18)19/h4,6-9,12H,1-3,5,10-11H2. The van der Waals surface area contributed by atoms with Crippen LogP contribution in [0.3, 0.4) is 0 Å². The van der Waals surface area contributed by atoms with Crippen LogP contribution < -0.4 is 5.19 Å². The van der Waals surface area contributed by atoms with Crippen LogP contribution in [0.1, 0.15) is 31.2 Å². The molecule has 1 aromatic rings. The second-order valence-corrected chi connectivity index (χ2v) is 6.19. The summed E-state index contributed by atoms with van der Waals surface area (Å²) in [6.07, 6.45) is 4.22. The molecule has 0 aliphatic carbocycles. The Balaban J connectivity index is 2.30. The topological polar surface area (TPSA) is 0 Å². The van der Waals surface area contributed by atoms with Gasteiger partial charge in [-0.2, -0.15) is 13.2 Å². The molecule has 110 valence electrons. The molecule has 0 amide bonds. The van der Waals surface area contributed by atoms with Gasteiger partial charge in [0, 0.05) is 5.88 Å². The van der Waals surface area contributed by atoms with Gasteiger partial charge in [0.15, 0.2) is 0 Å². The minimum absolute atomic E-state index is 0.384. The van der Waals surface area contributed by atoms with Crippen molar-refractivity contribution in [3.05, 3.63) is 42.0 Å². The van der Waals surface area contributed by atoms with Crippen LogP contribution in [0.15, 0.2) is 36.4 Å². The van der Waals surface area contributed by atoms with Crippen molar-refractivity contribution in [3.8, 4) is 0 Å². The van der Waals surface area contributed by atoms with Crippen molar-refractivity contribution < 1.29 is 13.2 Å². The van der Waals surface area contributed by atoms with E-state index in [0.29, 0.717) is 15.4 Å². The van der Waals surface area contributed by atoms with E-state index in [1.54, 1.807) is 6.07 Å². The highest BCUT2D eigenvalue weighted by Gasteiger charge is 2.30. The summed E-state index contributed by atoms with van der Waals surface area (Å²) in [5.41, 5.74) is -0.562. The highest BCUT2D eigenvalue weighted by molar-refractivity contribution is 6.53. The predicted octanol–water partition coefficient (Wildman–Crippen LogP) is 4.81. The van der Waals surface area contributed by atoms with Gasteiger partial charge in [0.2, 0.25) is 0 Å². The van der Waals surface area contributed by atoms with Gasteiger partial charge in [-0.05, 0) is 25.3 Å². The maximum atomic E-state index is 12.5. The van der Waals surface area contributed by atoms with Gasteiger partial charge in [-0.1, -0.05) is 48.0 Å². The lowest BCUT2D eigenvalue weighted by molar-refractivity contribution is -0.137. The summed E-state index contributed by atoms with van der Waals surface area (Å²) >= 11 is 5.58. The molecule has 0 aliphatic rings. The zero-order valence-electron chi connectivity index (χ0n) is 11.2. The third-order valence-corrected chi connectivity index (χ3v) is 4.21. The van der Waals surface area contributed by atoms with Crippen LogP contribution in [0.4, 0.5) is 13.2 Å². The Kier molecular flexibility index (Phi) is 8.00. The van der Waals surface area contributed by atoms with Crippen LogP contribution in [-0.2, 0) is 6.18 Å². The number of hydrogen-bond acceptors (Lipinski definition) is 0. The lowest BCUT2D eigenvalue weighted by atomic mass is 10.2. The molecule has 0 N–H and O–H groups in total. The summed E-state index contributed by atoms with van der Waals surface area (Å²) in [6.45, 7) is 0. The number of halogens is 4. The van der Waals surface area contributed by atoms with Gasteiger partial charge in [-0.25, -0.2) is 0 Å². The minimum atomic E-state index is -4.25. The molecule has 0 unspecified atom stereocenters. The molecule has 0 bridgehead atoms. The van der Waals surface area contributed by atoms with Crippen molar-refractivity contribution in [1.82, 2.24) is 0 Å². The van der Waals surface area contributed by atoms with Crippen LogP contribution in [0.2, 0.25) is 6.04 Å². The summed E-state index contributed by atoms with van der Waals surface area (Å²) < 4.78 is 37.6. The maximum Gasteiger partial charge on any atom is 0.416 e. The first kappa shape index (κ1) is 17.3. The molecule has 0 saturated heterocycles. The Morgan fingerprint density at radius 1 is 1.10 bits per heavy atom. The van der Waals surface area contributed by atoms with E-state index in [1.165, 1.54) is 12.1 Å². The largest absolute Gasteiger partial charge is 0.416 e. The van der Waals surface area contributed by atoms with Gasteiger partial charge in [-0.3, -0.25) is 0 Å². The van der Waals surface area contributed by atoms with Gasteiger partial charge in [0.25, 0.3) is 0 Å². The molecule has 1 rings (SSSR count). The van der Waals surface area contributed by atoms with Gasteiger partial charge in [-0.15, -0.1) is 11.6 Å². The average Bonchev–Trinajstić information content (AvgIpc) is 2.41. The maximum absolute atomic E-state index is 12.5. The molecule has 0 nitrogen and oxygen atoms in total. The number of alkyl halides is 4. The minimum Gasteiger partial charge on any atom is -0.166 e. The first-order chi connectivity index (χ1) is 9.54. The van der Waals surface area contributed by atoms with E-state index in [0.717, 1.165) is 43.0 Å². The van der Waals surface area contributed by atoms with Crippen LogP contribution >= 0.6 is 11.6 Å². The van der Waals surface area contributed by atoms with Crippen molar-refractivity contribution in [2.45, 2.75) is 37.9 Å². The molecule has 0 fully saturated rings. The van der Waals surface area contributed by atoms with E-state index in [4.69, 9.17) is 11.6 Å². The second kappa shape index (κ2) is 9.24. The molecule has 0 aromatic heterocycles. The number of hydrogen-bond donors (Lipinski definition) is 0. The summed E-state index contributed by atoms with van der Waals surface area (Å²) in [5.74, 6) is 0.709. The van der Waals surface area contributed by atoms with Crippen LogP contribution in [0, 0.1) is 0 Å². The smallest absolute Gasteiger partial charge is 0.166 e. The van der Waals surface area contributed by atoms with Crippen molar-refractivity contribution in [2.24, 2.45) is 0 Å². The van der Waals surface area contributed by atoms with Crippen LogP contribution in [-0.4, -0.2) is 15.4 Å². The zero-order valence-corrected chi connectivity index (χ0v) is 13.0. The molecule has 0 spiro atoms. The van der Waals surface area contributed by atoms with Gasteiger partial charge >= 0.3 is 6.18 Å². The van der Waals surface area contributed by atoms with E-state index < -0.39 is 11.7 Å². The predicted molar refractivity (Wildman–Crippen MR) is 80.0 cm³/mol. The summed E-state index contributed by atoms with van der Waals surface area (Å²) in [5, 5.41) is 0.756. The number of allylic oxidation sites excluding steroid dienone is 2. The summed E-state index contributed by atoms with van der Waals surface area (Å²) in [6, 6.07) is 6.38. The second-order valence-electron chi connectivity index (χ2n) is 4.47. The van der Waals surface area contributed by atoms with E-state index in [2.05, 4.69) is 12.2 Å². The van der Waals surface area contributed by atoms with Crippen molar-refractivity contribution in [3.63, 3.8) is 0 Å². The first-order valence-electron chi connectivity index (χ1n) is 6.66. The molecular formula is C15H18ClF3Si. The monoisotopic (exact) mass is 318 g/mol. The summed E-state index contributed by atoms with van der Waals surface area (Å²) in [7, 11) is 0.384. The third-order valence-electron chi connectivity index (χ3n) is 2.79. The fraction of sp³-hybridized carbons (Fsp3) is 0.467. The van der Waals surface area contributed by atoms with Crippen LogP contribution in [0.25, 0.3) is 0 Å². The Bertz CT molecular complexity index is 416. The molecule has 0 atom stereocenters. The van der Waals surface area contributed by atoms with Crippen molar-refractivity contribution in [2.75, 3.05) is 5.88 Å². The quantitative estimate of drug-likeness (QED) is 0.279. The fourth-order valence-electron chi connectivity index (χ4n) is 1.72. The lowest BCUT2D eigenvalue weighted by Crippen LogP contribution is -2.16. The highest BCUT2D eigenvalue weighted by Crippen LogP contribution is 2.28. The third kappa shape index (κ3) is 7.15. The van der Waals surface area contributed by atoms with Gasteiger partial charge < -0.3 is 0 Å². The number of benzene rings is 1. The van der Waals surface area contributed by atoms with Crippen LogP contribution in [0.5, 0.6) is 0 Å². The zero-order chi connectivity index (χ0) is 14.8. The van der Waals surface area contributed by atoms with E-state index >= 15 is 0 Å². The van der Waals surface area contributed by atoms with E-state index in [9.17, 15) is 13.2 Å². The molecule has 2 radical (unpaired) electrons. The van der Waals surface area contributed by atoms with Crippen molar-refractivity contribution >= 4 is 26.3 Å². The lowest BCUT2D eigenvalue weighted by Gasteiger charge is -2.07. The van der Waals surface area contributed by atoms with Gasteiger partial charge in [0.05, 0.1) is 15.1 Å². The molecule has 0 heterocycles. The Morgan fingerprint density at radius 3 is 2.60 bits per heavy atom. The molecule has 5 heteroatoms. The molecular weight excluding hydrogens is 301 g/mol. The molecule has 0 aliphatic heterocycles. The normalized spacial score (nSPS) is 12.2. The van der Waals surface area contributed by atoms with E-state index in [1.807, 2.05) is 0 Å². The Hall–Kier alpha value is -0.743. The first-order valence-corrected chi connectivity index (χ1v) is 8.40. The number of rotatable bonds is 8. The highest BCUT2D eigenvalue weighted by atomic mass is 35.5.